The second-order valence-corrected chi connectivity index (χ2v) is 6.54. The van der Waals surface area contributed by atoms with Crippen molar-refractivity contribution in [2.75, 3.05) is 27.2 Å². The zero-order chi connectivity index (χ0) is 16.7. The Balaban J connectivity index is 2.02. The minimum absolute atomic E-state index is 0.194. The summed E-state index contributed by atoms with van der Waals surface area (Å²) >= 11 is 1.74. The van der Waals surface area contributed by atoms with Crippen molar-refractivity contribution >= 4 is 17.6 Å². The molecule has 2 rings (SSSR count). The number of likely N-dealkylation sites (N-methyl/N-ethyl adjacent to an activating group) is 1. The first-order valence-electron chi connectivity index (χ1n) is 7.77. The van der Waals surface area contributed by atoms with Crippen molar-refractivity contribution in [2.24, 2.45) is 4.99 Å². The van der Waals surface area contributed by atoms with Crippen LogP contribution in [0.2, 0.25) is 0 Å². The van der Waals surface area contributed by atoms with E-state index in [0.29, 0.717) is 24.5 Å². The molecule has 1 heterocycles. The third kappa shape index (κ3) is 5.08. The van der Waals surface area contributed by atoms with Gasteiger partial charge in [-0.3, -0.25) is 4.99 Å². The first-order chi connectivity index (χ1) is 11.1. The van der Waals surface area contributed by atoms with E-state index in [1.54, 1.807) is 23.6 Å². The van der Waals surface area contributed by atoms with Crippen molar-refractivity contribution in [1.82, 2.24) is 4.90 Å². The van der Waals surface area contributed by atoms with E-state index in [9.17, 15) is 5.11 Å². The number of ether oxygens (including phenoxy) is 1. The van der Waals surface area contributed by atoms with E-state index < -0.39 is 0 Å². The number of phenolic OH excluding ortho intramolecular Hbond substituents is 1. The van der Waals surface area contributed by atoms with Crippen LogP contribution in [0.3, 0.4) is 0 Å². The molecule has 0 saturated carbocycles. The van der Waals surface area contributed by atoms with Crippen LogP contribution in [0.5, 0.6) is 11.5 Å². The number of hydrogen-bond acceptors (Lipinski definition) is 5. The molecule has 0 unspecified atom stereocenters. The largest absolute Gasteiger partial charge is 0.507 e. The minimum atomic E-state index is 0.194. The number of aliphatic imine (C=N–C) groups is 1. The highest BCUT2D eigenvalue weighted by Crippen LogP contribution is 2.25. The van der Waals surface area contributed by atoms with Crippen molar-refractivity contribution in [3.05, 3.63) is 46.2 Å². The molecule has 1 aromatic carbocycles. The predicted molar refractivity (Wildman–Crippen MR) is 97.1 cm³/mol. The lowest BCUT2D eigenvalue weighted by atomic mass is 10.2. The first kappa shape index (κ1) is 17.5. The third-order valence-corrected chi connectivity index (χ3v) is 4.45. The van der Waals surface area contributed by atoms with Crippen molar-refractivity contribution in [1.29, 1.82) is 0 Å². The van der Waals surface area contributed by atoms with Gasteiger partial charge in [0.1, 0.15) is 11.5 Å². The number of benzene rings is 1. The van der Waals surface area contributed by atoms with Gasteiger partial charge in [0.05, 0.1) is 19.2 Å². The standard InChI is InChI=1S/C18H24N2O2S/c1-4-9-22-15-8-7-14(17(21)11-15)12-19-13-16(20(2)3)18-6-5-10-23-18/h5-8,10-12,16,21H,4,9,13H2,1-3H3/t16-/m0/s1. The summed E-state index contributed by atoms with van der Waals surface area (Å²) in [4.78, 5) is 7.96. The summed E-state index contributed by atoms with van der Waals surface area (Å²) in [6.45, 7) is 3.36. The van der Waals surface area contributed by atoms with E-state index in [1.165, 1.54) is 4.88 Å². The summed E-state index contributed by atoms with van der Waals surface area (Å²) in [6, 6.07) is 9.77. The Bertz CT molecular complexity index is 624. The molecule has 1 N–H and O–H groups in total. The van der Waals surface area contributed by atoms with Crippen LogP contribution < -0.4 is 4.74 Å². The molecule has 5 heteroatoms. The van der Waals surface area contributed by atoms with Crippen molar-refractivity contribution < 1.29 is 9.84 Å². The van der Waals surface area contributed by atoms with Gasteiger partial charge in [-0.2, -0.15) is 0 Å². The monoisotopic (exact) mass is 332 g/mol. The quantitative estimate of drug-likeness (QED) is 0.744. The van der Waals surface area contributed by atoms with Gasteiger partial charge in [-0.05, 0) is 44.1 Å². The summed E-state index contributed by atoms with van der Waals surface area (Å²) in [5.41, 5.74) is 0.706. The molecule has 23 heavy (non-hydrogen) atoms. The fraction of sp³-hybridized carbons (Fsp3) is 0.389. The number of phenols is 1. The second-order valence-electron chi connectivity index (χ2n) is 5.56. The van der Waals surface area contributed by atoms with Crippen LogP contribution in [0, 0.1) is 0 Å². The van der Waals surface area contributed by atoms with Crippen molar-refractivity contribution in [3.8, 4) is 11.5 Å². The normalized spacial score (nSPS) is 12.9. The highest BCUT2D eigenvalue weighted by molar-refractivity contribution is 7.10. The third-order valence-electron chi connectivity index (χ3n) is 3.48. The molecule has 0 saturated heterocycles. The molecule has 1 aromatic heterocycles. The maximum atomic E-state index is 10.1. The molecule has 0 aliphatic rings. The molecular formula is C18H24N2O2S. The smallest absolute Gasteiger partial charge is 0.128 e. The number of thiophene rings is 1. The number of aromatic hydroxyl groups is 1. The average molecular weight is 332 g/mol. The van der Waals surface area contributed by atoms with Crippen LogP contribution in [0.25, 0.3) is 0 Å². The molecule has 2 aromatic rings. The molecule has 0 spiro atoms. The molecular weight excluding hydrogens is 308 g/mol. The molecule has 0 amide bonds. The van der Waals surface area contributed by atoms with Crippen LogP contribution in [-0.4, -0.2) is 43.5 Å². The Hall–Kier alpha value is -1.85. The van der Waals surface area contributed by atoms with Crippen LogP contribution in [0.4, 0.5) is 0 Å². The summed E-state index contributed by atoms with van der Waals surface area (Å²) in [5, 5.41) is 12.1. The molecule has 124 valence electrons. The number of hydrogen-bond donors (Lipinski definition) is 1. The van der Waals surface area contributed by atoms with Gasteiger partial charge in [0.25, 0.3) is 0 Å². The fourth-order valence-electron chi connectivity index (χ4n) is 2.18. The maximum Gasteiger partial charge on any atom is 0.128 e. The van der Waals surface area contributed by atoms with E-state index in [0.717, 1.165) is 6.42 Å². The minimum Gasteiger partial charge on any atom is -0.507 e. The van der Waals surface area contributed by atoms with Gasteiger partial charge in [0.15, 0.2) is 0 Å². The summed E-state index contributed by atoms with van der Waals surface area (Å²) in [6.07, 6.45) is 2.67. The van der Waals surface area contributed by atoms with E-state index >= 15 is 0 Å². The van der Waals surface area contributed by atoms with Crippen LogP contribution >= 0.6 is 11.3 Å². The van der Waals surface area contributed by atoms with Crippen LogP contribution in [0.15, 0.2) is 40.7 Å². The van der Waals surface area contributed by atoms with Gasteiger partial charge < -0.3 is 14.7 Å². The molecule has 4 nitrogen and oxygen atoms in total. The summed E-state index contributed by atoms with van der Waals surface area (Å²) in [7, 11) is 4.11. The maximum absolute atomic E-state index is 10.1. The lowest BCUT2D eigenvalue weighted by Crippen LogP contribution is -2.21. The molecule has 0 bridgehead atoms. The molecule has 0 radical (unpaired) electrons. The summed E-state index contributed by atoms with van der Waals surface area (Å²) in [5.74, 6) is 0.881. The second kappa shape index (κ2) is 8.70. The predicted octanol–water partition coefficient (Wildman–Crippen LogP) is 3.96. The SMILES string of the molecule is CCCOc1ccc(C=NC[C@@H](c2cccs2)N(C)C)c(O)c1. The van der Waals surface area contributed by atoms with Gasteiger partial charge in [-0.1, -0.05) is 13.0 Å². The number of nitrogens with zero attached hydrogens (tertiary/aromatic N) is 2. The highest BCUT2D eigenvalue weighted by Gasteiger charge is 2.14. The molecule has 1 atom stereocenters. The lowest BCUT2D eigenvalue weighted by Gasteiger charge is -2.21. The lowest BCUT2D eigenvalue weighted by molar-refractivity contribution is 0.311. The topological polar surface area (TPSA) is 45.1 Å². The Kier molecular flexibility index (Phi) is 6.62. The highest BCUT2D eigenvalue weighted by atomic mass is 32.1. The summed E-state index contributed by atoms with van der Waals surface area (Å²) < 4.78 is 5.50. The van der Waals surface area contributed by atoms with Gasteiger partial charge in [-0.25, -0.2) is 0 Å². The van der Waals surface area contributed by atoms with Gasteiger partial charge in [0, 0.05) is 22.7 Å². The Labute approximate surface area is 142 Å². The van der Waals surface area contributed by atoms with Crippen LogP contribution in [-0.2, 0) is 0 Å². The van der Waals surface area contributed by atoms with Gasteiger partial charge in [-0.15, -0.1) is 11.3 Å². The Morgan fingerprint density at radius 1 is 1.35 bits per heavy atom. The Morgan fingerprint density at radius 2 is 2.17 bits per heavy atom. The molecule has 0 fully saturated rings. The van der Waals surface area contributed by atoms with E-state index in [-0.39, 0.29) is 11.8 Å². The van der Waals surface area contributed by atoms with Gasteiger partial charge >= 0.3 is 0 Å². The zero-order valence-corrected chi connectivity index (χ0v) is 14.7. The fourth-order valence-corrected chi connectivity index (χ4v) is 3.10. The van der Waals surface area contributed by atoms with Gasteiger partial charge in [0.2, 0.25) is 0 Å². The van der Waals surface area contributed by atoms with E-state index in [1.807, 2.05) is 12.1 Å². The average Bonchev–Trinajstić information content (AvgIpc) is 3.04. The van der Waals surface area contributed by atoms with E-state index in [4.69, 9.17) is 4.74 Å². The molecule has 0 aliphatic carbocycles. The number of rotatable bonds is 8. The van der Waals surface area contributed by atoms with Crippen LogP contribution in [0.1, 0.15) is 29.8 Å². The Morgan fingerprint density at radius 3 is 2.78 bits per heavy atom. The van der Waals surface area contributed by atoms with Crippen molar-refractivity contribution in [2.45, 2.75) is 19.4 Å². The molecule has 0 aliphatic heterocycles. The first-order valence-corrected chi connectivity index (χ1v) is 8.65. The van der Waals surface area contributed by atoms with E-state index in [2.05, 4.69) is 48.4 Å². The zero-order valence-electron chi connectivity index (χ0n) is 13.9. The van der Waals surface area contributed by atoms with Crippen molar-refractivity contribution in [3.63, 3.8) is 0 Å².